The molecule has 55 heavy (non-hydrogen) atoms. The largest absolute Gasteiger partial charge is 0.308 e. The van der Waals surface area contributed by atoms with E-state index >= 15 is 0 Å². The fourth-order valence-corrected chi connectivity index (χ4v) is 11.1. The van der Waals surface area contributed by atoms with Gasteiger partial charge in [0.25, 0.3) is 0 Å². The van der Waals surface area contributed by atoms with Gasteiger partial charge in [-0.3, -0.25) is 0 Å². The molecule has 0 bridgehead atoms. The second kappa shape index (κ2) is 12.7. The van der Waals surface area contributed by atoms with E-state index in [9.17, 15) is 0 Å². The van der Waals surface area contributed by atoms with Gasteiger partial charge >= 0.3 is 0 Å². The molecule has 4 aliphatic rings. The summed E-state index contributed by atoms with van der Waals surface area (Å²) in [7, 11) is 0. The monoisotopic (exact) mass is 742 g/mol. The normalized spacial score (nSPS) is 15.5. The Balaban J connectivity index is 0.942. The predicted molar refractivity (Wildman–Crippen MR) is 234 cm³/mol. The van der Waals surface area contributed by atoms with Gasteiger partial charge in [-0.1, -0.05) is 141 Å². The van der Waals surface area contributed by atoms with E-state index < -0.39 is 0 Å². The Morgan fingerprint density at radius 3 is 1.69 bits per heavy atom. The summed E-state index contributed by atoms with van der Waals surface area (Å²) >= 11 is 3.72. The van der Waals surface area contributed by atoms with Crippen LogP contribution in [0.25, 0.3) is 29.4 Å². The second-order valence-electron chi connectivity index (χ2n) is 15.2. The van der Waals surface area contributed by atoms with Crippen molar-refractivity contribution in [2.45, 2.75) is 51.7 Å². The van der Waals surface area contributed by atoms with Crippen molar-refractivity contribution < 1.29 is 0 Å². The minimum atomic E-state index is -0.142. The maximum atomic E-state index is 2.49. The van der Waals surface area contributed by atoms with Crippen LogP contribution in [0.1, 0.15) is 53.6 Å². The highest BCUT2D eigenvalue weighted by molar-refractivity contribution is 8.00. The number of nitrogens with zero attached hydrogens (tertiary/aromatic N) is 2. The molecule has 0 saturated carbocycles. The first-order valence-electron chi connectivity index (χ1n) is 19.1. The van der Waals surface area contributed by atoms with Crippen LogP contribution in [0.3, 0.4) is 0 Å². The van der Waals surface area contributed by atoms with Crippen molar-refractivity contribution in [3.63, 3.8) is 0 Å². The zero-order valence-electron chi connectivity index (χ0n) is 30.8. The molecule has 0 saturated heterocycles. The van der Waals surface area contributed by atoms with Crippen molar-refractivity contribution in [1.29, 1.82) is 0 Å². The highest BCUT2D eigenvalue weighted by Gasteiger charge is 2.37. The molecule has 2 heterocycles. The zero-order valence-corrected chi connectivity index (χ0v) is 32.4. The molecule has 0 unspecified atom stereocenters. The van der Waals surface area contributed by atoms with E-state index in [0.29, 0.717) is 0 Å². The summed E-state index contributed by atoms with van der Waals surface area (Å²) in [6, 6.07) is 54.0. The number of para-hydroxylation sites is 4. The van der Waals surface area contributed by atoms with Crippen molar-refractivity contribution >= 4 is 75.9 Å². The quantitative estimate of drug-likeness (QED) is 0.166. The summed E-state index contributed by atoms with van der Waals surface area (Å²) in [5, 5.41) is 0. The summed E-state index contributed by atoms with van der Waals surface area (Å²) in [6.45, 7) is 4.77. The average Bonchev–Trinajstić information content (AvgIpc) is 3.45. The van der Waals surface area contributed by atoms with Crippen molar-refractivity contribution in [1.82, 2.24) is 0 Å². The third-order valence-electron chi connectivity index (χ3n) is 11.7. The van der Waals surface area contributed by atoms with E-state index in [0.717, 1.165) is 12.8 Å². The van der Waals surface area contributed by atoms with E-state index in [2.05, 4.69) is 194 Å². The average molecular weight is 743 g/mol. The molecule has 0 fully saturated rings. The minimum Gasteiger partial charge on any atom is -0.308 e. The molecule has 2 nitrogen and oxygen atoms in total. The SMILES string of the molecule is CC1(C)c2cc(/C=C/c3ccc(N4c5ccccc5Sc5ccccc54)c4c3C=CCC4)ccc2-c2ccc(N3c4ccccc4Sc4ccccc43)cc21. The zero-order chi connectivity index (χ0) is 36.7. The van der Waals surface area contributed by atoms with Gasteiger partial charge in [-0.2, -0.15) is 0 Å². The number of hydrogen-bond acceptors (Lipinski definition) is 4. The van der Waals surface area contributed by atoms with E-state index in [4.69, 9.17) is 0 Å². The van der Waals surface area contributed by atoms with Gasteiger partial charge in [0.2, 0.25) is 0 Å². The number of hydrogen-bond donors (Lipinski definition) is 0. The number of allylic oxidation sites excluding steroid dienone is 1. The van der Waals surface area contributed by atoms with Crippen molar-refractivity contribution in [2.24, 2.45) is 0 Å². The first-order chi connectivity index (χ1) is 27.0. The maximum absolute atomic E-state index is 2.49. The molecule has 0 atom stereocenters. The van der Waals surface area contributed by atoms with Gasteiger partial charge in [0.1, 0.15) is 0 Å². The molecular weight excluding hydrogens is 705 g/mol. The Morgan fingerprint density at radius 1 is 0.527 bits per heavy atom. The summed E-state index contributed by atoms with van der Waals surface area (Å²) in [4.78, 5) is 10.1. The molecule has 0 spiro atoms. The number of anilines is 6. The molecule has 2 aliphatic carbocycles. The standard InChI is InChI=1S/C51H38N2S2/c1-51(2)40-31-33(24-28-37(40)38-29-27-35(32-41(38)51)52-43-15-5-9-19-47(43)54-48-20-10-6-16-44(48)52)23-25-34-26-30-42(39-14-4-3-13-36(34)39)53-45-17-7-11-21-49(45)55-50-22-12-8-18-46(50)53/h3,5-13,15-32H,4,14H2,1-2H3/b25-23+. The van der Waals surface area contributed by atoms with Crippen LogP contribution in [0.5, 0.6) is 0 Å². The lowest BCUT2D eigenvalue weighted by molar-refractivity contribution is 0.660. The lowest BCUT2D eigenvalue weighted by Crippen LogP contribution is -2.18. The summed E-state index contributed by atoms with van der Waals surface area (Å²) in [6.07, 6.45) is 11.4. The number of rotatable bonds is 4. The maximum Gasteiger partial charge on any atom is 0.0601 e. The fourth-order valence-electron chi connectivity index (χ4n) is 9.03. The van der Waals surface area contributed by atoms with Crippen molar-refractivity contribution in [2.75, 3.05) is 9.80 Å². The first-order valence-corrected chi connectivity index (χ1v) is 20.8. The van der Waals surface area contributed by atoms with Gasteiger partial charge in [0, 0.05) is 30.7 Å². The minimum absolute atomic E-state index is 0.142. The molecule has 0 aromatic heterocycles. The Morgan fingerprint density at radius 2 is 1.07 bits per heavy atom. The molecule has 264 valence electrons. The van der Waals surface area contributed by atoms with Crippen LogP contribution in [-0.2, 0) is 11.8 Å². The molecule has 7 aromatic carbocycles. The van der Waals surface area contributed by atoms with Gasteiger partial charge in [0.05, 0.1) is 28.4 Å². The molecule has 4 heteroatoms. The van der Waals surface area contributed by atoms with Crippen LogP contribution < -0.4 is 9.80 Å². The van der Waals surface area contributed by atoms with Crippen molar-refractivity contribution in [3.05, 3.63) is 185 Å². The highest BCUT2D eigenvalue weighted by Crippen LogP contribution is 2.55. The topological polar surface area (TPSA) is 6.48 Å². The summed E-state index contributed by atoms with van der Waals surface area (Å²) in [5.74, 6) is 0. The molecule has 0 radical (unpaired) electrons. The molecule has 7 aromatic rings. The van der Waals surface area contributed by atoms with Crippen LogP contribution in [-0.4, -0.2) is 0 Å². The van der Waals surface area contributed by atoms with E-state index in [-0.39, 0.29) is 5.41 Å². The van der Waals surface area contributed by atoms with Gasteiger partial charge in [0.15, 0.2) is 0 Å². The first kappa shape index (κ1) is 32.7. The van der Waals surface area contributed by atoms with Crippen LogP contribution in [0, 0.1) is 0 Å². The Hall–Kier alpha value is -5.68. The van der Waals surface area contributed by atoms with Gasteiger partial charge in [-0.15, -0.1) is 0 Å². The highest BCUT2D eigenvalue weighted by atomic mass is 32.2. The van der Waals surface area contributed by atoms with Gasteiger partial charge < -0.3 is 9.80 Å². The molecule has 0 amide bonds. The third kappa shape index (κ3) is 5.19. The smallest absolute Gasteiger partial charge is 0.0601 e. The van der Waals surface area contributed by atoms with Crippen LogP contribution in [0.15, 0.2) is 171 Å². The number of fused-ring (bicyclic) bond motifs is 8. The molecule has 0 N–H and O–H groups in total. The lowest BCUT2D eigenvalue weighted by Gasteiger charge is -2.35. The van der Waals surface area contributed by atoms with Crippen LogP contribution in [0.4, 0.5) is 34.1 Å². The Bertz CT molecular complexity index is 2680. The Kier molecular flexibility index (Phi) is 7.55. The Labute approximate surface area is 331 Å². The number of benzene rings is 7. The van der Waals surface area contributed by atoms with E-state index in [1.54, 1.807) is 0 Å². The lowest BCUT2D eigenvalue weighted by atomic mass is 9.81. The predicted octanol–water partition coefficient (Wildman–Crippen LogP) is 15.0. The molecular formula is C51H38N2S2. The van der Waals surface area contributed by atoms with Crippen molar-refractivity contribution in [3.8, 4) is 11.1 Å². The summed E-state index contributed by atoms with van der Waals surface area (Å²) in [5.41, 5.74) is 18.0. The molecule has 2 aliphatic heterocycles. The van der Waals surface area contributed by atoms with E-state index in [1.807, 2.05) is 23.5 Å². The van der Waals surface area contributed by atoms with E-state index in [1.165, 1.54) is 98.2 Å². The summed E-state index contributed by atoms with van der Waals surface area (Å²) < 4.78 is 0. The molecule has 11 rings (SSSR count). The second-order valence-corrected chi connectivity index (χ2v) is 17.4. The van der Waals surface area contributed by atoms with Crippen LogP contribution in [0.2, 0.25) is 0 Å². The van der Waals surface area contributed by atoms with Gasteiger partial charge in [-0.25, -0.2) is 0 Å². The fraction of sp³-hybridized carbons (Fsp3) is 0.0980. The van der Waals surface area contributed by atoms with Gasteiger partial charge in [-0.05, 0) is 124 Å². The third-order valence-corrected chi connectivity index (χ3v) is 14.0. The van der Waals surface area contributed by atoms with Crippen LogP contribution >= 0.6 is 23.5 Å².